The van der Waals surface area contributed by atoms with Gasteiger partial charge in [0.25, 0.3) is 5.56 Å². The van der Waals surface area contributed by atoms with Gasteiger partial charge < -0.3 is 9.88 Å². The van der Waals surface area contributed by atoms with Gasteiger partial charge in [-0.15, -0.1) is 0 Å². The highest BCUT2D eigenvalue weighted by molar-refractivity contribution is 9.10. The third kappa shape index (κ3) is 3.84. The van der Waals surface area contributed by atoms with Crippen molar-refractivity contribution in [1.82, 2.24) is 14.9 Å². The average Bonchev–Trinajstić information content (AvgIpc) is 2.54. The molecule has 0 saturated heterocycles. The molecule has 1 aromatic heterocycles. The van der Waals surface area contributed by atoms with Crippen molar-refractivity contribution in [3.05, 3.63) is 66.4 Å². The minimum atomic E-state index is -0.525. The van der Waals surface area contributed by atoms with E-state index in [1.807, 2.05) is 18.2 Å². The molecule has 2 heterocycles. The van der Waals surface area contributed by atoms with E-state index in [0.29, 0.717) is 37.2 Å². The molecule has 7 heteroatoms. The molecule has 0 saturated carbocycles. The predicted molar refractivity (Wildman–Crippen MR) is 93.9 cm³/mol. The maximum absolute atomic E-state index is 12.4. The molecule has 0 spiro atoms. The molecule has 24 heavy (non-hydrogen) atoms. The lowest BCUT2D eigenvalue weighted by atomic mass is 10.0. The van der Waals surface area contributed by atoms with Crippen LogP contribution in [0, 0.1) is 0 Å². The molecule has 0 fully saturated rings. The molecule has 0 atom stereocenters. The quantitative estimate of drug-likeness (QED) is 0.831. The second-order valence-corrected chi connectivity index (χ2v) is 6.83. The number of rotatable bonds is 4. The van der Waals surface area contributed by atoms with Gasteiger partial charge in [-0.1, -0.05) is 28.1 Å². The van der Waals surface area contributed by atoms with E-state index >= 15 is 0 Å². The number of hydrogen-bond donors (Lipinski definition) is 2. The Morgan fingerprint density at radius 3 is 2.88 bits per heavy atom. The summed E-state index contributed by atoms with van der Waals surface area (Å²) >= 11 is 3.44. The van der Waals surface area contributed by atoms with Crippen LogP contribution < -0.4 is 11.2 Å². The third-order valence-electron chi connectivity index (χ3n) is 4.21. The van der Waals surface area contributed by atoms with E-state index in [1.54, 1.807) is 4.90 Å². The highest BCUT2D eigenvalue weighted by Gasteiger charge is 2.23. The number of carbonyl (C=O) groups is 1. The Bertz CT molecular complexity index is 872. The molecule has 6 nitrogen and oxygen atoms in total. The number of nitrogens with zero attached hydrogens (tertiary/aromatic N) is 1. The van der Waals surface area contributed by atoms with Gasteiger partial charge in [-0.2, -0.15) is 0 Å². The van der Waals surface area contributed by atoms with E-state index in [-0.39, 0.29) is 11.5 Å². The standard InChI is InChI=1S/C17H18BrN3O3/c18-12-5-1-3-11(9-12)4-2-6-15(22)21-8-7-13-14(10-21)19-17(24)20-16(13)23/h1,3,5,9H,2,4,6-8,10H2,(H2,19,20,23,24). The zero-order valence-electron chi connectivity index (χ0n) is 13.1. The van der Waals surface area contributed by atoms with Crippen LogP contribution in [-0.2, 0) is 24.2 Å². The fourth-order valence-corrected chi connectivity index (χ4v) is 3.43. The van der Waals surface area contributed by atoms with Crippen LogP contribution in [0.2, 0.25) is 0 Å². The fraction of sp³-hybridized carbons (Fsp3) is 0.353. The molecule has 1 aliphatic rings. The van der Waals surface area contributed by atoms with Crippen LogP contribution >= 0.6 is 15.9 Å². The maximum atomic E-state index is 12.4. The Hall–Kier alpha value is -2.15. The number of aromatic nitrogens is 2. The lowest BCUT2D eigenvalue weighted by Crippen LogP contribution is -2.41. The summed E-state index contributed by atoms with van der Waals surface area (Å²) in [7, 11) is 0. The summed E-state index contributed by atoms with van der Waals surface area (Å²) in [5.41, 5.74) is 1.44. The van der Waals surface area contributed by atoms with Crippen molar-refractivity contribution in [3.8, 4) is 0 Å². The number of hydrogen-bond acceptors (Lipinski definition) is 3. The first-order valence-electron chi connectivity index (χ1n) is 7.89. The Labute approximate surface area is 147 Å². The summed E-state index contributed by atoms with van der Waals surface area (Å²) in [5.74, 6) is 0.0526. The molecule has 3 rings (SSSR count). The molecule has 2 N–H and O–H groups in total. The molecule has 0 aliphatic carbocycles. The van der Waals surface area contributed by atoms with Crippen molar-refractivity contribution in [2.24, 2.45) is 0 Å². The number of nitrogens with one attached hydrogen (secondary N) is 2. The third-order valence-corrected chi connectivity index (χ3v) is 4.70. The van der Waals surface area contributed by atoms with Gasteiger partial charge in [-0.25, -0.2) is 4.79 Å². The van der Waals surface area contributed by atoms with Crippen molar-refractivity contribution in [3.63, 3.8) is 0 Å². The number of aryl methyl sites for hydroxylation is 1. The Morgan fingerprint density at radius 2 is 2.08 bits per heavy atom. The molecule has 2 aromatic rings. The zero-order chi connectivity index (χ0) is 17.1. The largest absolute Gasteiger partial charge is 0.337 e. The summed E-state index contributed by atoms with van der Waals surface area (Å²) in [6.45, 7) is 0.808. The van der Waals surface area contributed by atoms with Gasteiger partial charge >= 0.3 is 5.69 Å². The molecule has 0 bridgehead atoms. The molecular formula is C17H18BrN3O3. The number of aromatic amines is 2. The monoisotopic (exact) mass is 391 g/mol. The number of benzene rings is 1. The lowest BCUT2D eigenvalue weighted by molar-refractivity contribution is -0.132. The number of carbonyl (C=O) groups excluding carboxylic acids is 1. The van der Waals surface area contributed by atoms with Gasteiger partial charge in [-0.05, 0) is 37.0 Å². The summed E-state index contributed by atoms with van der Waals surface area (Å²) in [6, 6.07) is 8.06. The van der Waals surface area contributed by atoms with Gasteiger partial charge in [0, 0.05) is 28.7 Å². The Kier molecular flexibility index (Phi) is 4.99. The van der Waals surface area contributed by atoms with Gasteiger partial charge in [0.1, 0.15) is 0 Å². The number of halogens is 1. The first-order chi connectivity index (χ1) is 11.5. The predicted octanol–water partition coefficient (Wildman–Crippen LogP) is 1.73. The number of H-pyrrole nitrogens is 2. The minimum absolute atomic E-state index is 0.0526. The van der Waals surface area contributed by atoms with Crippen LogP contribution in [0.4, 0.5) is 0 Å². The van der Waals surface area contributed by atoms with E-state index in [2.05, 4.69) is 32.0 Å². The van der Waals surface area contributed by atoms with E-state index in [9.17, 15) is 14.4 Å². The second kappa shape index (κ2) is 7.17. The molecule has 1 aliphatic heterocycles. The Morgan fingerprint density at radius 1 is 1.25 bits per heavy atom. The van der Waals surface area contributed by atoms with Crippen molar-refractivity contribution in [2.45, 2.75) is 32.2 Å². The van der Waals surface area contributed by atoms with Gasteiger partial charge in [0.2, 0.25) is 5.91 Å². The summed E-state index contributed by atoms with van der Waals surface area (Å²) in [4.78, 5) is 42.0. The zero-order valence-corrected chi connectivity index (χ0v) is 14.7. The highest BCUT2D eigenvalue weighted by atomic mass is 79.9. The SMILES string of the molecule is O=C(CCCc1cccc(Br)c1)N1CCc2c([nH]c(=O)[nH]c2=O)C1. The van der Waals surface area contributed by atoms with E-state index in [4.69, 9.17) is 0 Å². The van der Waals surface area contributed by atoms with Crippen LogP contribution in [0.15, 0.2) is 38.3 Å². The van der Waals surface area contributed by atoms with Crippen molar-refractivity contribution < 1.29 is 4.79 Å². The fourth-order valence-electron chi connectivity index (χ4n) is 2.98. The van der Waals surface area contributed by atoms with Crippen LogP contribution in [0.25, 0.3) is 0 Å². The van der Waals surface area contributed by atoms with Gasteiger partial charge in [-0.3, -0.25) is 14.6 Å². The average molecular weight is 392 g/mol. The molecule has 126 valence electrons. The van der Waals surface area contributed by atoms with E-state index in [1.165, 1.54) is 5.56 Å². The van der Waals surface area contributed by atoms with Crippen molar-refractivity contribution in [2.75, 3.05) is 6.54 Å². The van der Waals surface area contributed by atoms with E-state index < -0.39 is 5.69 Å². The highest BCUT2D eigenvalue weighted by Crippen LogP contribution is 2.16. The van der Waals surface area contributed by atoms with Gasteiger partial charge in [0.05, 0.1) is 6.54 Å². The smallest absolute Gasteiger partial charge is 0.325 e. The number of fused-ring (bicyclic) bond motifs is 1. The molecule has 1 amide bonds. The van der Waals surface area contributed by atoms with E-state index in [0.717, 1.165) is 17.3 Å². The van der Waals surface area contributed by atoms with Crippen molar-refractivity contribution >= 4 is 21.8 Å². The molecule has 0 unspecified atom stereocenters. The van der Waals surface area contributed by atoms with Crippen LogP contribution in [0.5, 0.6) is 0 Å². The van der Waals surface area contributed by atoms with Crippen LogP contribution in [-0.4, -0.2) is 27.3 Å². The summed E-state index contributed by atoms with van der Waals surface area (Å²) < 4.78 is 1.04. The van der Waals surface area contributed by atoms with Crippen molar-refractivity contribution in [1.29, 1.82) is 0 Å². The normalized spacial score (nSPS) is 13.6. The molecular weight excluding hydrogens is 374 g/mol. The Balaban J connectivity index is 1.58. The molecule has 0 radical (unpaired) electrons. The first-order valence-corrected chi connectivity index (χ1v) is 8.69. The number of amides is 1. The molecule has 1 aromatic carbocycles. The summed E-state index contributed by atoms with van der Waals surface area (Å²) in [5, 5.41) is 0. The van der Waals surface area contributed by atoms with Gasteiger partial charge in [0.15, 0.2) is 0 Å². The maximum Gasteiger partial charge on any atom is 0.325 e. The lowest BCUT2D eigenvalue weighted by Gasteiger charge is -2.27. The topological polar surface area (TPSA) is 86.0 Å². The minimum Gasteiger partial charge on any atom is -0.337 e. The summed E-state index contributed by atoms with van der Waals surface area (Å²) in [6.07, 6.45) is 2.53. The second-order valence-electron chi connectivity index (χ2n) is 5.91. The first kappa shape index (κ1) is 16.7. The van der Waals surface area contributed by atoms with Crippen LogP contribution in [0.1, 0.15) is 29.7 Å². The van der Waals surface area contributed by atoms with Crippen LogP contribution in [0.3, 0.4) is 0 Å².